The number of aromatic nitrogens is 3. The van der Waals surface area contributed by atoms with Gasteiger partial charge in [-0.25, -0.2) is 4.68 Å². The first-order valence-corrected chi connectivity index (χ1v) is 7.69. The molecule has 3 aromatic rings. The molecule has 0 saturated heterocycles. The SMILES string of the molecule is O=C(Cc1cccc2ccccc12)N[C@@H](CO)C(=O)Nn1cnnc1. The lowest BCUT2D eigenvalue weighted by molar-refractivity contribution is -0.127. The first-order valence-electron chi connectivity index (χ1n) is 7.69. The minimum atomic E-state index is -1.06. The second-order valence-electron chi connectivity index (χ2n) is 5.46. The molecule has 8 heteroatoms. The number of hydrogen-bond acceptors (Lipinski definition) is 5. The van der Waals surface area contributed by atoms with Crippen LogP contribution in [-0.2, 0) is 16.0 Å². The highest BCUT2D eigenvalue weighted by Crippen LogP contribution is 2.18. The van der Waals surface area contributed by atoms with Crippen LogP contribution in [-0.4, -0.2) is 44.4 Å². The van der Waals surface area contributed by atoms with Crippen molar-refractivity contribution in [1.29, 1.82) is 0 Å². The van der Waals surface area contributed by atoms with Crippen LogP contribution in [0.4, 0.5) is 0 Å². The van der Waals surface area contributed by atoms with Crippen molar-refractivity contribution in [2.45, 2.75) is 12.5 Å². The number of nitrogens with one attached hydrogen (secondary N) is 2. The van der Waals surface area contributed by atoms with Crippen LogP contribution in [0.2, 0.25) is 0 Å². The van der Waals surface area contributed by atoms with Gasteiger partial charge in [-0.1, -0.05) is 42.5 Å². The van der Waals surface area contributed by atoms with Gasteiger partial charge in [0.05, 0.1) is 13.0 Å². The van der Waals surface area contributed by atoms with E-state index in [0.717, 1.165) is 16.3 Å². The average molecular weight is 339 g/mol. The maximum Gasteiger partial charge on any atom is 0.263 e. The van der Waals surface area contributed by atoms with Crippen molar-refractivity contribution in [3.63, 3.8) is 0 Å². The summed E-state index contributed by atoms with van der Waals surface area (Å²) in [5, 5.41) is 21.1. The van der Waals surface area contributed by atoms with Crippen LogP contribution in [0.25, 0.3) is 10.8 Å². The highest BCUT2D eigenvalue weighted by molar-refractivity contribution is 5.94. The van der Waals surface area contributed by atoms with Gasteiger partial charge in [-0.05, 0) is 16.3 Å². The van der Waals surface area contributed by atoms with Gasteiger partial charge in [-0.2, -0.15) is 0 Å². The molecule has 2 amide bonds. The summed E-state index contributed by atoms with van der Waals surface area (Å²) in [4.78, 5) is 24.4. The zero-order chi connectivity index (χ0) is 17.6. The quantitative estimate of drug-likeness (QED) is 0.595. The molecule has 2 aromatic carbocycles. The second-order valence-corrected chi connectivity index (χ2v) is 5.46. The fourth-order valence-electron chi connectivity index (χ4n) is 2.52. The Labute approximate surface area is 143 Å². The zero-order valence-corrected chi connectivity index (χ0v) is 13.3. The Bertz CT molecular complexity index is 874. The topological polar surface area (TPSA) is 109 Å². The fraction of sp³-hybridized carbons (Fsp3) is 0.176. The summed E-state index contributed by atoms with van der Waals surface area (Å²) >= 11 is 0. The molecule has 1 heterocycles. The molecule has 0 saturated carbocycles. The van der Waals surface area contributed by atoms with Crippen LogP contribution in [0.3, 0.4) is 0 Å². The predicted molar refractivity (Wildman–Crippen MR) is 91.1 cm³/mol. The van der Waals surface area contributed by atoms with Gasteiger partial charge in [0, 0.05) is 0 Å². The molecule has 0 aliphatic heterocycles. The lowest BCUT2D eigenvalue weighted by Gasteiger charge is -2.16. The number of fused-ring (bicyclic) bond motifs is 1. The summed E-state index contributed by atoms with van der Waals surface area (Å²) in [6.45, 7) is -0.519. The van der Waals surface area contributed by atoms with Crippen LogP contribution in [0.15, 0.2) is 55.1 Å². The number of aliphatic hydroxyl groups is 1. The molecule has 25 heavy (non-hydrogen) atoms. The third-order valence-corrected chi connectivity index (χ3v) is 3.72. The number of hydrogen-bond donors (Lipinski definition) is 3. The van der Waals surface area contributed by atoms with Gasteiger partial charge in [0.15, 0.2) is 0 Å². The number of carbonyl (C=O) groups is 2. The van der Waals surface area contributed by atoms with Crippen LogP contribution in [0.1, 0.15) is 5.56 Å². The molecule has 0 radical (unpaired) electrons. The van der Waals surface area contributed by atoms with E-state index in [0.29, 0.717) is 0 Å². The standard InChI is InChI=1S/C17H17N5O3/c23-9-15(17(25)21-22-10-18-19-11-22)20-16(24)8-13-6-3-5-12-4-1-2-7-14(12)13/h1-7,10-11,15,23H,8-9H2,(H,20,24)(H,21,25)/t15-/m0/s1. The van der Waals surface area contributed by atoms with E-state index in [9.17, 15) is 14.7 Å². The number of carbonyl (C=O) groups excluding carboxylic acids is 2. The molecule has 0 bridgehead atoms. The second kappa shape index (κ2) is 7.54. The first-order chi connectivity index (χ1) is 12.2. The number of rotatable bonds is 6. The third kappa shape index (κ3) is 3.99. The lowest BCUT2D eigenvalue weighted by atomic mass is 10.0. The summed E-state index contributed by atoms with van der Waals surface area (Å²) < 4.78 is 1.24. The van der Waals surface area contributed by atoms with E-state index >= 15 is 0 Å². The van der Waals surface area contributed by atoms with Crippen LogP contribution >= 0.6 is 0 Å². The van der Waals surface area contributed by atoms with Gasteiger partial charge in [0.2, 0.25) is 5.91 Å². The molecule has 0 unspecified atom stereocenters. The average Bonchev–Trinajstić information content (AvgIpc) is 3.13. The summed E-state index contributed by atoms with van der Waals surface area (Å²) in [7, 11) is 0. The van der Waals surface area contributed by atoms with Gasteiger partial charge in [-0.3, -0.25) is 15.0 Å². The highest BCUT2D eigenvalue weighted by atomic mass is 16.3. The molecule has 0 fully saturated rings. The molecule has 1 aromatic heterocycles. The number of aliphatic hydroxyl groups excluding tert-OH is 1. The Morgan fingerprint density at radius 3 is 2.56 bits per heavy atom. The first kappa shape index (κ1) is 16.6. The Hall–Kier alpha value is -3.26. The van der Waals surface area contributed by atoms with Crippen LogP contribution in [0.5, 0.6) is 0 Å². The molecular weight excluding hydrogens is 322 g/mol. The Balaban J connectivity index is 1.66. The van der Waals surface area contributed by atoms with Crippen molar-refractivity contribution in [3.05, 3.63) is 60.7 Å². The number of nitrogens with zero attached hydrogens (tertiary/aromatic N) is 3. The van der Waals surface area contributed by atoms with Gasteiger partial charge in [0.25, 0.3) is 5.91 Å². The van der Waals surface area contributed by atoms with E-state index in [1.165, 1.54) is 17.3 Å². The monoisotopic (exact) mass is 339 g/mol. The Morgan fingerprint density at radius 2 is 1.80 bits per heavy atom. The highest BCUT2D eigenvalue weighted by Gasteiger charge is 2.20. The van der Waals surface area contributed by atoms with Gasteiger partial charge < -0.3 is 10.4 Å². The van der Waals surface area contributed by atoms with Crippen molar-refractivity contribution < 1.29 is 14.7 Å². The molecular formula is C17H17N5O3. The lowest BCUT2D eigenvalue weighted by Crippen LogP contribution is -2.48. The van der Waals surface area contributed by atoms with E-state index in [2.05, 4.69) is 20.9 Å². The molecule has 0 spiro atoms. The van der Waals surface area contributed by atoms with E-state index in [1.54, 1.807) is 0 Å². The maximum absolute atomic E-state index is 12.3. The number of amides is 2. The molecule has 0 aliphatic carbocycles. The Morgan fingerprint density at radius 1 is 1.08 bits per heavy atom. The van der Waals surface area contributed by atoms with Crippen molar-refractivity contribution in [2.75, 3.05) is 12.0 Å². The van der Waals surface area contributed by atoms with Crippen molar-refractivity contribution in [2.24, 2.45) is 0 Å². The van der Waals surface area contributed by atoms with Crippen molar-refractivity contribution >= 4 is 22.6 Å². The van der Waals surface area contributed by atoms with Crippen LogP contribution < -0.4 is 10.7 Å². The maximum atomic E-state index is 12.3. The van der Waals surface area contributed by atoms with E-state index < -0.39 is 18.6 Å². The zero-order valence-electron chi connectivity index (χ0n) is 13.3. The minimum Gasteiger partial charge on any atom is -0.394 e. The predicted octanol–water partition coefficient (Wildman–Crippen LogP) is 0.221. The van der Waals surface area contributed by atoms with Gasteiger partial charge >= 0.3 is 0 Å². The summed E-state index contributed by atoms with van der Waals surface area (Å²) in [6.07, 6.45) is 2.70. The fourth-order valence-corrected chi connectivity index (χ4v) is 2.52. The Kier molecular flexibility index (Phi) is 5.00. The summed E-state index contributed by atoms with van der Waals surface area (Å²) in [6, 6.07) is 12.4. The molecule has 3 N–H and O–H groups in total. The smallest absolute Gasteiger partial charge is 0.263 e. The summed E-state index contributed by atoms with van der Waals surface area (Å²) in [5.74, 6) is -0.914. The minimum absolute atomic E-state index is 0.109. The molecule has 128 valence electrons. The summed E-state index contributed by atoms with van der Waals surface area (Å²) in [5.41, 5.74) is 3.30. The molecule has 1 atom stereocenters. The normalized spacial score (nSPS) is 11.9. The van der Waals surface area contributed by atoms with E-state index in [-0.39, 0.29) is 12.3 Å². The largest absolute Gasteiger partial charge is 0.394 e. The van der Waals surface area contributed by atoms with Crippen LogP contribution in [0, 0.1) is 0 Å². The molecule has 8 nitrogen and oxygen atoms in total. The molecule has 0 aliphatic rings. The molecule has 3 rings (SSSR count). The van der Waals surface area contributed by atoms with Crippen molar-refractivity contribution in [3.8, 4) is 0 Å². The van der Waals surface area contributed by atoms with E-state index in [1.807, 2.05) is 42.5 Å². The number of benzene rings is 2. The van der Waals surface area contributed by atoms with Crippen molar-refractivity contribution in [1.82, 2.24) is 20.2 Å². The van der Waals surface area contributed by atoms with Gasteiger partial charge in [0.1, 0.15) is 18.7 Å². The van der Waals surface area contributed by atoms with E-state index in [4.69, 9.17) is 0 Å². The third-order valence-electron chi connectivity index (χ3n) is 3.72. The van der Waals surface area contributed by atoms with Gasteiger partial charge in [-0.15, -0.1) is 10.2 Å².